The molecule has 0 saturated heterocycles. The van der Waals surface area contributed by atoms with Gasteiger partial charge in [0.1, 0.15) is 5.75 Å². The molecule has 7 heteroatoms. The maximum atomic E-state index is 11.2. The molecule has 98 valence electrons. The predicted molar refractivity (Wildman–Crippen MR) is 76.4 cm³/mol. The largest absolute Gasteiger partial charge is 0.438 e. The normalized spacial score (nSPS) is 10.2. The first-order valence-electron chi connectivity index (χ1n) is 5.15. The minimum atomic E-state index is -0.639. The molecule has 5 nitrogen and oxygen atoms in total. The fourth-order valence-corrected chi connectivity index (χ4v) is 2.15. The summed E-state index contributed by atoms with van der Waals surface area (Å²) in [5.74, 6) is 0.0861. The molecule has 1 aromatic heterocycles. The van der Waals surface area contributed by atoms with E-state index < -0.39 is 5.91 Å². The third kappa shape index (κ3) is 3.15. The van der Waals surface area contributed by atoms with Crippen LogP contribution in [0.4, 0.5) is 5.69 Å². The Labute approximate surface area is 122 Å². The number of halogens is 2. The Bertz CT molecular complexity index is 649. The van der Waals surface area contributed by atoms with Crippen molar-refractivity contribution in [1.82, 2.24) is 4.98 Å². The number of anilines is 1. The molecular formula is C12H9BrClN3O2. The van der Waals surface area contributed by atoms with Gasteiger partial charge in [0.25, 0.3) is 5.91 Å². The molecule has 0 aliphatic rings. The number of ether oxygens (including phenoxy) is 1. The predicted octanol–water partition coefficient (Wildman–Crippen LogP) is 2.97. The molecule has 0 aliphatic heterocycles. The van der Waals surface area contributed by atoms with Crippen molar-refractivity contribution in [3.63, 3.8) is 0 Å². The topological polar surface area (TPSA) is 91.2 Å². The van der Waals surface area contributed by atoms with Crippen LogP contribution in [-0.2, 0) is 0 Å². The average molecular weight is 343 g/mol. The lowest BCUT2D eigenvalue weighted by atomic mass is 10.2. The van der Waals surface area contributed by atoms with Crippen LogP contribution in [0.2, 0.25) is 5.02 Å². The van der Waals surface area contributed by atoms with E-state index in [1.165, 1.54) is 12.3 Å². The first kappa shape index (κ1) is 13.6. The monoisotopic (exact) mass is 341 g/mol. The number of carbonyl (C=O) groups excluding carboxylic acids is 1. The molecule has 19 heavy (non-hydrogen) atoms. The van der Waals surface area contributed by atoms with Crippen LogP contribution in [0.5, 0.6) is 11.6 Å². The zero-order chi connectivity index (χ0) is 14.0. The van der Waals surface area contributed by atoms with Crippen molar-refractivity contribution >= 4 is 39.1 Å². The highest BCUT2D eigenvalue weighted by molar-refractivity contribution is 9.10. The van der Waals surface area contributed by atoms with E-state index in [9.17, 15) is 4.79 Å². The van der Waals surface area contributed by atoms with Crippen LogP contribution in [0.15, 0.2) is 34.9 Å². The smallest absolute Gasteiger partial charge is 0.251 e. The van der Waals surface area contributed by atoms with Crippen LogP contribution in [0, 0.1) is 0 Å². The van der Waals surface area contributed by atoms with Gasteiger partial charge in [-0.15, -0.1) is 0 Å². The number of nitrogens with two attached hydrogens (primary N) is 2. The molecule has 2 aromatic rings. The molecular weight excluding hydrogens is 334 g/mol. The molecule has 0 unspecified atom stereocenters. The summed E-state index contributed by atoms with van der Waals surface area (Å²) in [6.45, 7) is 0. The number of nitrogen functional groups attached to an aromatic ring is 1. The van der Waals surface area contributed by atoms with Crippen LogP contribution in [-0.4, -0.2) is 10.9 Å². The molecule has 0 atom stereocenters. The molecule has 1 heterocycles. The second-order valence-corrected chi connectivity index (χ2v) is 4.94. The van der Waals surface area contributed by atoms with Crippen molar-refractivity contribution in [2.75, 3.05) is 5.73 Å². The minimum Gasteiger partial charge on any atom is -0.438 e. The summed E-state index contributed by atoms with van der Waals surface area (Å²) < 4.78 is 6.20. The lowest BCUT2D eigenvalue weighted by Gasteiger charge is -2.08. The molecule has 4 N–H and O–H groups in total. The van der Waals surface area contributed by atoms with E-state index in [0.717, 1.165) is 0 Å². The van der Waals surface area contributed by atoms with Crippen molar-refractivity contribution < 1.29 is 9.53 Å². The maximum Gasteiger partial charge on any atom is 0.251 e. The van der Waals surface area contributed by atoms with E-state index in [0.29, 0.717) is 15.2 Å². The number of hydrogen-bond acceptors (Lipinski definition) is 4. The maximum absolute atomic E-state index is 11.2. The molecule has 0 fully saturated rings. The van der Waals surface area contributed by atoms with Crippen molar-refractivity contribution in [2.45, 2.75) is 0 Å². The number of pyridine rings is 1. The van der Waals surface area contributed by atoms with Crippen LogP contribution >= 0.6 is 27.5 Å². The number of hydrogen-bond donors (Lipinski definition) is 2. The van der Waals surface area contributed by atoms with E-state index >= 15 is 0 Å². The molecule has 0 spiro atoms. The number of aromatic nitrogens is 1. The summed E-state index contributed by atoms with van der Waals surface area (Å²) in [4.78, 5) is 15.1. The zero-order valence-electron chi connectivity index (χ0n) is 9.56. The van der Waals surface area contributed by atoms with Crippen molar-refractivity contribution in [3.05, 3.63) is 45.5 Å². The summed E-state index contributed by atoms with van der Waals surface area (Å²) in [5, 5.41) is 0.572. The van der Waals surface area contributed by atoms with E-state index in [1.54, 1.807) is 18.2 Å². The second kappa shape index (κ2) is 5.46. The summed E-state index contributed by atoms with van der Waals surface area (Å²) in [5.41, 5.74) is 11.2. The van der Waals surface area contributed by atoms with Gasteiger partial charge in [0.2, 0.25) is 5.88 Å². The molecule has 0 bridgehead atoms. The number of primary amides is 1. The number of carbonyl (C=O) groups is 1. The van der Waals surface area contributed by atoms with Gasteiger partial charge in [-0.2, -0.15) is 0 Å². The van der Waals surface area contributed by atoms with E-state index in [-0.39, 0.29) is 17.1 Å². The van der Waals surface area contributed by atoms with Crippen molar-refractivity contribution in [1.29, 1.82) is 0 Å². The Kier molecular flexibility index (Phi) is 3.92. The third-order valence-corrected chi connectivity index (χ3v) is 3.14. The van der Waals surface area contributed by atoms with Gasteiger partial charge < -0.3 is 16.2 Å². The second-order valence-electron chi connectivity index (χ2n) is 3.65. The Morgan fingerprint density at radius 2 is 2.11 bits per heavy atom. The summed E-state index contributed by atoms with van der Waals surface area (Å²) in [6, 6.07) is 6.42. The summed E-state index contributed by atoms with van der Waals surface area (Å²) in [6.07, 6.45) is 1.32. The first-order valence-corrected chi connectivity index (χ1v) is 6.32. The average Bonchev–Trinajstić information content (AvgIpc) is 2.34. The number of nitrogens with zero attached hydrogens (tertiary/aromatic N) is 1. The van der Waals surface area contributed by atoms with E-state index in [2.05, 4.69) is 20.9 Å². The Morgan fingerprint density at radius 1 is 1.37 bits per heavy atom. The summed E-state index contributed by atoms with van der Waals surface area (Å²) in [7, 11) is 0. The van der Waals surface area contributed by atoms with Gasteiger partial charge in [-0.25, -0.2) is 4.98 Å². The Morgan fingerprint density at radius 3 is 2.74 bits per heavy atom. The van der Waals surface area contributed by atoms with E-state index in [4.69, 9.17) is 27.8 Å². The van der Waals surface area contributed by atoms with Crippen LogP contribution in [0.3, 0.4) is 0 Å². The highest BCUT2D eigenvalue weighted by Gasteiger charge is 2.10. The number of amides is 1. The van der Waals surface area contributed by atoms with Crippen LogP contribution in [0.1, 0.15) is 10.4 Å². The fraction of sp³-hybridized carbons (Fsp3) is 0. The minimum absolute atomic E-state index is 0.162. The number of rotatable bonds is 3. The van der Waals surface area contributed by atoms with Gasteiger partial charge in [-0.1, -0.05) is 11.6 Å². The lowest BCUT2D eigenvalue weighted by molar-refractivity contribution is 0.100. The van der Waals surface area contributed by atoms with Crippen LogP contribution in [0.25, 0.3) is 0 Å². The standard InChI is InChI=1S/C12H9BrClN3O2/c13-8-3-6(14)1-2-10(8)19-11-4-7(12(16)18)9(15)5-17-11/h1-5H,15H2,(H2,16,18). The van der Waals surface area contributed by atoms with Gasteiger partial charge in [0, 0.05) is 11.1 Å². The molecule has 0 saturated carbocycles. The van der Waals surface area contributed by atoms with Gasteiger partial charge in [-0.05, 0) is 34.1 Å². The van der Waals surface area contributed by atoms with Gasteiger partial charge in [0.05, 0.1) is 21.9 Å². The SMILES string of the molecule is NC(=O)c1cc(Oc2ccc(Cl)cc2Br)ncc1N. The van der Waals surface area contributed by atoms with Crippen molar-refractivity contribution in [3.8, 4) is 11.6 Å². The van der Waals surface area contributed by atoms with Gasteiger partial charge in [0.15, 0.2) is 0 Å². The van der Waals surface area contributed by atoms with Gasteiger partial charge in [-0.3, -0.25) is 4.79 Å². The Hall–Kier alpha value is -1.79. The first-order chi connectivity index (χ1) is 8.97. The third-order valence-electron chi connectivity index (χ3n) is 2.28. The Balaban J connectivity index is 2.33. The molecule has 0 radical (unpaired) electrons. The molecule has 2 rings (SSSR count). The summed E-state index contributed by atoms with van der Waals surface area (Å²) >= 11 is 9.14. The highest BCUT2D eigenvalue weighted by atomic mass is 79.9. The molecule has 1 aromatic carbocycles. The fourth-order valence-electron chi connectivity index (χ4n) is 1.39. The van der Waals surface area contributed by atoms with Crippen LogP contribution < -0.4 is 16.2 Å². The highest BCUT2D eigenvalue weighted by Crippen LogP contribution is 2.31. The lowest BCUT2D eigenvalue weighted by Crippen LogP contribution is -2.13. The molecule has 1 amide bonds. The van der Waals surface area contributed by atoms with E-state index in [1.807, 2.05) is 0 Å². The quantitative estimate of drug-likeness (QED) is 0.897. The molecule has 0 aliphatic carbocycles. The van der Waals surface area contributed by atoms with Crippen molar-refractivity contribution in [2.24, 2.45) is 5.73 Å². The van der Waals surface area contributed by atoms with Gasteiger partial charge >= 0.3 is 0 Å². The number of benzene rings is 1. The zero-order valence-corrected chi connectivity index (χ0v) is 11.9.